The van der Waals surface area contributed by atoms with Crippen LogP contribution in [0.3, 0.4) is 0 Å². The van der Waals surface area contributed by atoms with E-state index < -0.39 is 5.91 Å². The maximum Gasteiger partial charge on any atom is 0.258 e. The number of carbonyl (C=O) groups excluding carboxylic acids is 2. The Kier molecular flexibility index (Phi) is 4.41. The van der Waals surface area contributed by atoms with Gasteiger partial charge in [0.05, 0.1) is 29.1 Å². The second-order valence-electron chi connectivity index (χ2n) is 5.86. The van der Waals surface area contributed by atoms with Crippen LogP contribution in [-0.2, 0) is 0 Å². The minimum atomic E-state index is -0.571. The lowest BCUT2D eigenvalue weighted by molar-refractivity contribution is 0.100. The Morgan fingerprint density at radius 1 is 1.17 bits per heavy atom. The molecule has 0 saturated heterocycles. The number of carbonyl (C=O) groups is 2. The zero-order valence-corrected chi connectivity index (χ0v) is 12.9. The molecule has 2 amide bonds. The second-order valence-corrected chi connectivity index (χ2v) is 5.86. The largest absolute Gasteiger partial charge is 0.366 e. The van der Waals surface area contributed by atoms with Gasteiger partial charge in [0.2, 0.25) is 0 Å². The van der Waals surface area contributed by atoms with Gasteiger partial charge in [0.1, 0.15) is 0 Å². The predicted molar refractivity (Wildman–Crippen MR) is 87.3 cm³/mol. The van der Waals surface area contributed by atoms with Gasteiger partial charge in [-0.1, -0.05) is 31.4 Å². The van der Waals surface area contributed by atoms with Crippen LogP contribution < -0.4 is 11.1 Å². The lowest BCUT2D eigenvalue weighted by atomic mass is 9.96. The van der Waals surface area contributed by atoms with Crippen molar-refractivity contribution in [3.63, 3.8) is 0 Å². The van der Waals surface area contributed by atoms with Gasteiger partial charge >= 0.3 is 0 Å². The summed E-state index contributed by atoms with van der Waals surface area (Å²) in [7, 11) is 0. The van der Waals surface area contributed by atoms with Crippen molar-refractivity contribution in [3.05, 3.63) is 47.8 Å². The van der Waals surface area contributed by atoms with E-state index >= 15 is 0 Å². The molecule has 23 heavy (non-hydrogen) atoms. The highest BCUT2D eigenvalue weighted by atomic mass is 16.2. The summed E-state index contributed by atoms with van der Waals surface area (Å²) >= 11 is 0. The van der Waals surface area contributed by atoms with E-state index in [1.165, 1.54) is 19.3 Å². The Hall–Kier alpha value is -2.63. The summed E-state index contributed by atoms with van der Waals surface area (Å²) < 4.78 is 1.88. The molecule has 0 aliphatic heterocycles. The molecule has 1 fully saturated rings. The maximum atomic E-state index is 12.4. The maximum absolute atomic E-state index is 12.4. The number of anilines is 1. The molecule has 6 heteroatoms. The topological polar surface area (TPSA) is 90.0 Å². The first-order valence-electron chi connectivity index (χ1n) is 7.89. The number of hydrogen-bond acceptors (Lipinski definition) is 3. The summed E-state index contributed by atoms with van der Waals surface area (Å²) in [4.78, 5) is 23.8. The van der Waals surface area contributed by atoms with E-state index in [1.807, 2.05) is 4.68 Å². The average molecular weight is 312 g/mol. The van der Waals surface area contributed by atoms with E-state index in [-0.39, 0.29) is 5.91 Å². The summed E-state index contributed by atoms with van der Waals surface area (Å²) in [5.74, 6) is -0.862. The molecule has 1 saturated carbocycles. The highest BCUT2D eigenvalue weighted by Crippen LogP contribution is 2.27. The minimum Gasteiger partial charge on any atom is -0.366 e. The smallest absolute Gasteiger partial charge is 0.258 e. The molecule has 1 heterocycles. The van der Waals surface area contributed by atoms with Crippen molar-refractivity contribution in [2.24, 2.45) is 5.73 Å². The van der Waals surface area contributed by atoms with Crippen LogP contribution in [0.5, 0.6) is 0 Å². The first-order chi connectivity index (χ1) is 11.1. The molecule has 3 rings (SSSR count). The van der Waals surface area contributed by atoms with Crippen LogP contribution in [0.1, 0.15) is 58.9 Å². The number of primary amides is 1. The van der Waals surface area contributed by atoms with Gasteiger partial charge in [-0.2, -0.15) is 5.10 Å². The molecular formula is C17H20N4O2. The monoisotopic (exact) mass is 312 g/mol. The van der Waals surface area contributed by atoms with Gasteiger partial charge < -0.3 is 11.1 Å². The van der Waals surface area contributed by atoms with Gasteiger partial charge in [0, 0.05) is 6.20 Å². The standard InChI is InChI=1S/C17H20N4O2/c18-16(22)14-8-4-5-9-15(14)20-17(23)12-10-19-21(11-12)13-6-2-1-3-7-13/h4-5,8-11,13H,1-3,6-7H2,(H2,18,22)(H,20,23). The molecule has 6 nitrogen and oxygen atoms in total. The highest BCUT2D eigenvalue weighted by molar-refractivity contribution is 6.08. The third-order valence-corrected chi connectivity index (χ3v) is 4.25. The van der Waals surface area contributed by atoms with Crippen molar-refractivity contribution in [1.82, 2.24) is 9.78 Å². The average Bonchev–Trinajstić information content (AvgIpc) is 3.06. The number of nitrogens with one attached hydrogen (secondary N) is 1. The fraction of sp³-hybridized carbons (Fsp3) is 0.353. The molecule has 2 aromatic rings. The summed E-state index contributed by atoms with van der Waals surface area (Å²) in [5.41, 5.74) is 6.51. The van der Waals surface area contributed by atoms with E-state index in [0.29, 0.717) is 22.9 Å². The Balaban J connectivity index is 1.74. The molecule has 1 aliphatic carbocycles. The van der Waals surface area contributed by atoms with Crippen LogP contribution in [0.15, 0.2) is 36.7 Å². The van der Waals surface area contributed by atoms with Gasteiger partial charge in [-0.25, -0.2) is 0 Å². The third-order valence-electron chi connectivity index (χ3n) is 4.25. The van der Waals surface area contributed by atoms with Crippen LogP contribution in [0, 0.1) is 0 Å². The highest BCUT2D eigenvalue weighted by Gasteiger charge is 2.18. The fourth-order valence-corrected chi connectivity index (χ4v) is 3.00. The molecule has 120 valence electrons. The van der Waals surface area contributed by atoms with Crippen molar-refractivity contribution < 1.29 is 9.59 Å². The van der Waals surface area contributed by atoms with Crippen LogP contribution in [0.2, 0.25) is 0 Å². The number of benzene rings is 1. The van der Waals surface area contributed by atoms with Crippen molar-refractivity contribution in [2.45, 2.75) is 38.1 Å². The van der Waals surface area contributed by atoms with E-state index in [9.17, 15) is 9.59 Å². The fourth-order valence-electron chi connectivity index (χ4n) is 3.00. The summed E-state index contributed by atoms with van der Waals surface area (Å²) in [5, 5.41) is 7.06. The van der Waals surface area contributed by atoms with Gasteiger partial charge in [0.15, 0.2) is 0 Å². The number of para-hydroxylation sites is 1. The first kappa shape index (κ1) is 15.3. The molecule has 0 radical (unpaired) electrons. The summed E-state index contributed by atoms with van der Waals surface area (Å²) in [6.45, 7) is 0. The second kappa shape index (κ2) is 6.64. The zero-order valence-electron chi connectivity index (χ0n) is 12.9. The summed E-state index contributed by atoms with van der Waals surface area (Å²) in [6, 6.07) is 7.07. The Labute approximate surface area is 134 Å². The molecule has 1 aliphatic rings. The summed E-state index contributed by atoms with van der Waals surface area (Å²) in [6.07, 6.45) is 9.24. The molecule has 0 unspecified atom stereocenters. The molecule has 0 spiro atoms. The zero-order chi connectivity index (χ0) is 16.2. The SMILES string of the molecule is NC(=O)c1ccccc1NC(=O)c1cnn(C2CCCCC2)c1. The van der Waals surface area contributed by atoms with Gasteiger partial charge in [-0.15, -0.1) is 0 Å². The van der Waals surface area contributed by atoms with E-state index in [4.69, 9.17) is 5.73 Å². The van der Waals surface area contributed by atoms with Crippen LogP contribution in [-0.4, -0.2) is 21.6 Å². The predicted octanol–water partition coefficient (Wildman–Crippen LogP) is 2.74. The van der Waals surface area contributed by atoms with Crippen molar-refractivity contribution in [1.29, 1.82) is 0 Å². The van der Waals surface area contributed by atoms with Gasteiger partial charge in [-0.3, -0.25) is 14.3 Å². The number of aromatic nitrogens is 2. The van der Waals surface area contributed by atoms with Crippen LogP contribution in [0.25, 0.3) is 0 Å². The lowest BCUT2D eigenvalue weighted by Crippen LogP contribution is -2.18. The van der Waals surface area contributed by atoms with Crippen molar-refractivity contribution in [3.8, 4) is 0 Å². The quantitative estimate of drug-likeness (QED) is 0.909. The number of nitrogens with two attached hydrogens (primary N) is 1. The van der Waals surface area contributed by atoms with Gasteiger partial charge in [-0.05, 0) is 25.0 Å². The van der Waals surface area contributed by atoms with Crippen LogP contribution in [0.4, 0.5) is 5.69 Å². The number of hydrogen-bond donors (Lipinski definition) is 2. The van der Waals surface area contributed by atoms with E-state index in [2.05, 4.69) is 10.4 Å². The molecule has 3 N–H and O–H groups in total. The first-order valence-corrected chi connectivity index (χ1v) is 7.89. The molecular weight excluding hydrogens is 292 g/mol. The number of nitrogens with zero attached hydrogens (tertiary/aromatic N) is 2. The van der Waals surface area contributed by atoms with Crippen LogP contribution >= 0.6 is 0 Å². The normalized spacial score (nSPS) is 15.3. The van der Waals surface area contributed by atoms with Crippen molar-refractivity contribution >= 4 is 17.5 Å². The number of rotatable bonds is 4. The van der Waals surface area contributed by atoms with E-state index in [0.717, 1.165) is 12.8 Å². The van der Waals surface area contributed by atoms with E-state index in [1.54, 1.807) is 36.7 Å². The molecule has 1 aromatic carbocycles. The Morgan fingerprint density at radius 3 is 2.65 bits per heavy atom. The van der Waals surface area contributed by atoms with Gasteiger partial charge in [0.25, 0.3) is 11.8 Å². The third kappa shape index (κ3) is 3.41. The molecule has 0 atom stereocenters. The Morgan fingerprint density at radius 2 is 1.91 bits per heavy atom. The Bertz CT molecular complexity index is 717. The molecule has 1 aromatic heterocycles. The minimum absolute atomic E-state index is 0.291. The lowest BCUT2D eigenvalue weighted by Gasteiger charge is -2.21. The number of amides is 2. The van der Waals surface area contributed by atoms with Crippen molar-refractivity contribution in [2.75, 3.05) is 5.32 Å². The molecule has 0 bridgehead atoms.